The molecule has 10 nitrogen and oxygen atoms in total. The highest BCUT2D eigenvalue weighted by molar-refractivity contribution is 6.00. The highest BCUT2D eigenvalue weighted by Crippen LogP contribution is 2.31. The molecule has 2 aromatic carbocycles. The fourth-order valence-electron chi connectivity index (χ4n) is 3.12. The summed E-state index contributed by atoms with van der Waals surface area (Å²) in [6.45, 7) is 2.66. The molecule has 0 bridgehead atoms. The van der Waals surface area contributed by atoms with Crippen molar-refractivity contribution < 1.29 is 33.4 Å². The number of esters is 1. The van der Waals surface area contributed by atoms with Crippen molar-refractivity contribution in [2.24, 2.45) is 0 Å². The van der Waals surface area contributed by atoms with Gasteiger partial charge in [0.15, 0.2) is 11.5 Å². The summed E-state index contributed by atoms with van der Waals surface area (Å²) in [5, 5.41) is 7.99. The fraction of sp³-hybridized carbons (Fsp3) is 0.304. The number of nitrogens with one attached hydrogen (secondary N) is 3. The summed E-state index contributed by atoms with van der Waals surface area (Å²) < 4.78 is 15.3. The normalized spacial score (nSPS) is 11.1. The zero-order chi connectivity index (χ0) is 24.5. The minimum Gasteiger partial charge on any atom is -0.493 e. The monoisotopic (exact) mass is 457 g/mol. The number of anilines is 2. The predicted molar refractivity (Wildman–Crippen MR) is 121 cm³/mol. The molecule has 2 rings (SSSR count). The number of hydrogen-bond acceptors (Lipinski definition) is 7. The summed E-state index contributed by atoms with van der Waals surface area (Å²) in [7, 11) is 4.24. The van der Waals surface area contributed by atoms with E-state index in [1.54, 1.807) is 18.2 Å². The number of benzene rings is 2. The zero-order valence-corrected chi connectivity index (χ0v) is 19.1. The maximum Gasteiger partial charge on any atom is 0.307 e. The third-order valence-corrected chi connectivity index (χ3v) is 4.55. The van der Waals surface area contributed by atoms with Gasteiger partial charge in [-0.25, -0.2) is 0 Å². The van der Waals surface area contributed by atoms with Crippen LogP contribution >= 0.6 is 0 Å². The Morgan fingerprint density at radius 1 is 0.818 bits per heavy atom. The molecule has 0 radical (unpaired) electrons. The lowest BCUT2D eigenvalue weighted by molar-refractivity contribution is -0.141. The molecule has 0 fully saturated rings. The second kappa shape index (κ2) is 11.5. The lowest BCUT2D eigenvalue weighted by Gasteiger charge is -2.20. The Balaban J connectivity index is 2.41. The van der Waals surface area contributed by atoms with E-state index in [2.05, 4.69) is 16.0 Å². The maximum absolute atomic E-state index is 13.1. The first-order valence-electron chi connectivity index (χ1n) is 9.96. The summed E-state index contributed by atoms with van der Waals surface area (Å²) in [4.78, 5) is 48.1. The van der Waals surface area contributed by atoms with Gasteiger partial charge in [0.1, 0.15) is 0 Å². The minimum atomic E-state index is -0.751. The molecule has 0 aliphatic carbocycles. The van der Waals surface area contributed by atoms with Gasteiger partial charge in [0.25, 0.3) is 5.91 Å². The van der Waals surface area contributed by atoms with Gasteiger partial charge >= 0.3 is 5.97 Å². The average Bonchev–Trinajstić information content (AvgIpc) is 2.76. The quantitative estimate of drug-likeness (QED) is 0.493. The van der Waals surface area contributed by atoms with Gasteiger partial charge in [-0.2, -0.15) is 0 Å². The van der Waals surface area contributed by atoms with Gasteiger partial charge < -0.3 is 30.2 Å². The van der Waals surface area contributed by atoms with Gasteiger partial charge in [0, 0.05) is 30.8 Å². The van der Waals surface area contributed by atoms with Crippen LogP contribution in [-0.4, -0.2) is 45.0 Å². The molecule has 1 unspecified atom stereocenters. The van der Waals surface area contributed by atoms with Gasteiger partial charge in [-0.15, -0.1) is 0 Å². The number of carbonyl (C=O) groups excluding carboxylic acids is 4. The number of carbonyl (C=O) groups is 4. The van der Waals surface area contributed by atoms with Crippen LogP contribution < -0.4 is 25.4 Å². The Morgan fingerprint density at radius 3 is 1.88 bits per heavy atom. The van der Waals surface area contributed by atoms with Crippen LogP contribution in [0.1, 0.15) is 42.2 Å². The largest absolute Gasteiger partial charge is 0.493 e. The second-order valence-corrected chi connectivity index (χ2v) is 7.08. The van der Waals surface area contributed by atoms with E-state index in [-0.39, 0.29) is 23.8 Å². The van der Waals surface area contributed by atoms with Crippen molar-refractivity contribution in [1.82, 2.24) is 5.32 Å². The van der Waals surface area contributed by atoms with E-state index in [4.69, 9.17) is 14.2 Å². The summed E-state index contributed by atoms with van der Waals surface area (Å²) in [6.07, 6.45) is -0.137. The first kappa shape index (κ1) is 25.2. The summed E-state index contributed by atoms with van der Waals surface area (Å²) in [5.41, 5.74) is 1.41. The van der Waals surface area contributed by atoms with E-state index < -0.39 is 17.9 Å². The Labute approximate surface area is 191 Å². The molecule has 0 saturated carbocycles. The van der Waals surface area contributed by atoms with Crippen LogP contribution in [0.15, 0.2) is 36.4 Å². The van der Waals surface area contributed by atoms with Crippen LogP contribution in [0, 0.1) is 0 Å². The summed E-state index contributed by atoms with van der Waals surface area (Å²) in [5.74, 6) is -0.809. The number of ether oxygens (including phenoxy) is 3. The molecular formula is C23H27N3O7. The van der Waals surface area contributed by atoms with Crippen molar-refractivity contribution in [3.63, 3.8) is 0 Å². The molecule has 0 saturated heterocycles. The SMILES string of the molecule is COC(=O)CC(NC(=O)c1cc(NC(C)=O)cc(NC(C)=O)c1)c1ccc(OC)c(OC)c1. The van der Waals surface area contributed by atoms with Crippen molar-refractivity contribution in [3.05, 3.63) is 47.5 Å². The predicted octanol–water partition coefficient (Wildman–Crippen LogP) is 2.65. The fourth-order valence-corrected chi connectivity index (χ4v) is 3.12. The Morgan fingerprint density at radius 2 is 1.39 bits per heavy atom. The van der Waals surface area contributed by atoms with Crippen molar-refractivity contribution in [2.75, 3.05) is 32.0 Å². The molecule has 176 valence electrons. The summed E-state index contributed by atoms with van der Waals surface area (Å²) >= 11 is 0. The first-order valence-corrected chi connectivity index (χ1v) is 9.96. The molecule has 0 aromatic heterocycles. The lowest BCUT2D eigenvalue weighted by atomic mass is 10.0. The van der Waals surface area contributed by atoms with Gasteiger partial charge in [-0.05, 0) is 35.9 Å². The number of methoxy groups -OCH3 is 3. The third-order valence-electron chi connectivity index (χ3n) is 4.55. The molecule has 10 heteroatoms. The second-order valence-electron chi connectivity index (χ2n) is 7.08. The van der Waals surface area contributed by atoms with E-state index in [1.807, 2.05) is 0 Å². The van der Waals surface area contributed by atoms with Gasteiger partial charge in [0.05, 0.1) is 33.8 Å². The van der Waals surface area contributed by atoms with Gasteiger partial charge in [-0.3, -0.25) is 19.2 Å². The Kier molecular flexibility index (Phi) is 8.79. The Hall–Kier alpha value is -4.08. The van der Waals surface area contributed by atoms with Crippen LogP contribution in [-0.2, 0) is 19.1 Å². The van der Waals surface area contributed by atoms with Crippen molar-refractivity contribution in [3.8, 4) is 11.5 Å². The molecule has 2 aromatic rings. The molecule has 0 heterocycles. The van der Waals surface area contributed by atoms with E-state index in [0.717, 1.165) is 0 Å². The molecule has 33 heavy (non-hydrogen) atoms. The standard InChI is InChI=1S/C23H27N3O7/c1-13(27)24-17-8-16(9-18(11-17)25-14(2)28)23(30)26-19(12-22(29)33-5)15-6-7-20(31-3)21(10-15)32-4/h6-11,19H,12H2,1-5H3,(H,24,27)(H,25,28)(H,26,30). The van der Waals surface area contributed by atoms with Crippen molar-refractivity contribution >= 4 is 35.1 Å². The van der Waals surface area contributed by atoms with Crippen LogP contribution in [0.2, 0.25) is 0 Å². The maximum atomic E-state index is 13.1. The van der Waals surface area contributed by atoms with E-state index in [9.17, 15) is 19.2 Å². The topological polar surface area (TPSA) is 132 Å². The smallest absolute Gasteiger partial charge is 0.307 e. The summed E-state index contributed by atoms with van der Waals surface area (Å²) in [6, 6.07) is 8.72. The number of amides is 3. The van der Waals surface area contributed by atoms with E-state index in [1.165, 1.54) is 53.4 Å². The molecule has 0 aliphatic rings. The highest BCUT2D eigenvalue weighted by Gasteiger charge is 2.22. The van der Waals surface area contributed by atoms with Gasteiger partial charge in [-0.1, -0.05) is 6.07 Å². The molecule has 1 atom stereocenters. The molecule has 0 spiro atoms. The first-order chi connectivity index (χ1) is 15.7. The van der Waals surface area contributed by atoms with E-state index in [0.29, 0.717) is 28.4 Å². The number of hydrogen-bond donors (Lipinski definition) is 3. The Bertz CT molecular complexity index is 1020. The van der Waals surface area contributed by atoms with Crippen LogP contribution in [0.25, 0.3) is 0 Å². The van der Waals surface area contributed by atoms with Crippen molar-refractivity contribution in [1.29, 1.82) is 0 Å². The molecular weight excluding hydrogens is 430 g/mol. The van der Waals surface area contributed by atoms with Crippen LogP contribution in [0.3, 0.4) is 0 Å². The zero-order valence-electron chi connectivity index (χ0n) is 19.1. The van der Waals surface area contributed by atoms with Crippen molar-refractivity contribution in [2.45, 2.75) is 26.3 Å². The van der Waals surface area contributed by atoms with Gasteiger partial charge in [0.2, 0.25) is 11.8 Å². The highest BCUT2D eigenvalue weighted by atomic mass is 16.5. The third kappa shape index (κ3) is 7.23. The molecule has 3 N–H and O–H groups in total. The molecule has 0 aliphatic heterocycles. The van der Waals surface area contributed by atoms with Crippen LogP contribution in [0.4, 0.5) is 11.4 Å². The van der Waals surface area contributed by atoms with E-state index >= 15 is 0 Å². The molecule has 3 amide bonds. The number of rotatable bonds is 9. The van der Waals surface area contributed by atoms with Crippen LogP contribution in [0.5, 0.6) is 11.5 Å². The lowest BCUT2D eigenvalue weighted by Crippen LogP contribution is -2.30. The minimum absolute atomic E-state index is 0.137. The average molecular weight is 457 g/mol.